The number of nitrogens with one attached hydrogen (secondary N) is 2. The van der Waals surface area contributed by atoms with Crippen molar-refractivity contribution in [3.8, 4) is 0 Å². The third kappa shape index (κ3) is 7.68. The van der Waals surface area contributed by atoms with Crippen molar-refractivity contribution in [1.82, 2.24) is 10.6 Å². The first-order valence-corrected chi connectivity index (χ1v) is 8.42. The molecular weight excluding hydrogens is 378 g/mol. The van der Waals surface area contributed by atoms with Gasteiger partial charge in [-0.1, -0.05) is 26.0 Å². The Balaban J connectivity index is 2.70. The van der Waals surface area contributed by atoms with Crippen LogP contribution in [0.4, 0.5) is 13.6 Å². The summed E-state index contributed by atoms with van der Waals surface area (Å²) in [6.45, 7) is 1.61. The van der Waals surface area contributed by atoms with Gasteiger partial charge in [-0.3, -0.25) is 14.4 Å². The van der Waals surface area contributed by atoms with E-state index in [1.54, 1.807) is 13.8 Å². The van der Waals surface area contributed by atoms with E-state index in [0.29, 0.717) is 5.56 Å². The maximum Gasteiger partial charge on any atom is 0.408 e. The fraction of sp³-hybridized carbons (Fsp3) is 0.444. The average Bonchev–Trinajstić information content (AvgIpc) is 2.63. The van der Waals surface area contributed by atoms with E-state index >= 15 is 0 Å². The van der Waals surface area contributed by atoms with Crippen LogP contribution >= 0.6 is 0 Å². The zero-order valence-electron chi connectivity index (χ0n) is 15.4. The first kappa shape index (κ1) is 23.0. The summed E-state index contributed by atoms with van der Waals surface area (Å²) in [4.78, 5) is 46.6. The summed E-state index contributed by atoms with van der Waals surface area (Å²) >= 11 is 0. The van der Waals surface area contributed by atoms with E-state index in [1.807, 2.05) is 0 Å². The van der Waals surface area contributed by atoms with Crippen LogP contribution in [0.1, 0.15) is 25.8 Å². The molecule has 1 aromatic carbocycles. The molecule has 3 N–H and O–H groups in total. The van der Waals surface area contributed by atoms with E-state index in [-0.39, 0.29) is 6.61 Å². The largest absolute Gasteiger partial charge is 0.481 e. The molecular formula is C18H22F2N2O6. The number of hydrogen-bond donors (Lipinski definition) is 3. The molecule has 0 saturated heterocycles. The molecule has 0 spiro atoms. The predicted molar refractivity (Wildman–Crippen MR) is 93.5 cm³/mol. The number of halogens is 2. The predicted octanol–water partition coefficient (Wildman–Crippen LogP) is 1.57. The summed E-state index contributed by atoms with van der Waals surface area (Å²) in [5, 5.41) is 13.2. The van der Waals surface area contributed by atoms with Gasteiger partial charge in [0.05, 0.1) is 6.42 Å². The van der Waals surface area contributed by atoms with Crippen molar-refractivity contribution in [3.63, 3.8) is 0 Å². The van der Waals surface area contributed by atoms with Crippen molar-refractivity contribution in [1.29, 1.82) is 0 Å². The molecule has 0 radical (unpaired) electrons. The summed E-state index contributed by atoms with van der Waals surface area (Å²) in [5.74, 6) is -4.20. The summed E-state index contributed by atoms with van der Waals surface area (Å²) < 4.78 is 30.4. The number of hydrogen-bond acceptors (Lipinski definition) is 5. The number of rotatable bonds is 10. The molecule has 0 saturated carbocycles. The monoisotopic (exact) mass is 400 g/mol. The van der Waals surface area contributed by atoms with Crippen LogP contribution in [0.3, 0.4) is 0 Å². The van der Waals surface area contributed by atoms with Gasteiger partial charge in [0.2, 0.25) is 5.91 Å². The molecule has 0 heterocycles. The minimum absolute atomic E-state index is 0.166. The highest BCUT2D eigenvalue weighted by molar-refractivity contribution is 5.94. The number of carboxylic acids is 1. The van der Waals surface area contributed by atoms with Gasteiger partial charge in [-0.05, 0) is 23.6 Å². The Morgan fingerprint density at radius 3 is 2.21 bits per heavy atom. The minimum Gasteiger partial charge on any atom is -0.481 e. The van der Waals surface area contributed by atoms with E-state index in [2.05, 4.69) is 10.6 Å². The highest BCUT2D eigenvalue weighted by Crippen LogP contribution is 2.07. The summed E-state index contributed by atoms with van der Waals surface area (Å²) in [6.07, 6.45) is -1.72. The normalized spacial score (nSPS) is 12.8. The van der Waals surface area contributed by atoms with Crippen molar-refractivity contribution >= 4 is 23.8 Å². The standard InChI is InChI=1S/C18H22F2N2O6/c1-10(2)16(17(26)21-13(7-15(24)25)14(23)8-19)22-18(27)28-9-11-3-5-12(20)6-4-11/h3-6,10,13,16H,7-9H2,1-2H3,(H,21,26)(H,22,27)(H,24,25)/t13-,16-/m0/s1. The van der Waals surface area contributed by atoms with Crippen LogP contribution in [-0.2, 0) is 25.7 Å². The van der Waals surface area contributed by atoms with Crippen LogP contribution in [0, 0.1) is 11.7 Å². The maximum absolute atomic E-state index is 12.9. The Hall–Kier alpha value is -3.04. The summed E-state index contributed by atoms with van der Waals surface area (Å²) in [5.41, 5.74) is 0.525. The SMILES string of the molecule is CC(C)[C@H](NC(=O)OCc1ccc(F)cc1)C(=O)N[C@@H](CC(=O)O)C(=O)CF. The third-order valence-corrected chi connectivity index (χ3v) is 3.72. The topological polar surface area (TPSA) is 122 Å². The quantitative estimate of drug-likeness (QED) is 0.548. The second-order valence-corrected chi connectivity index (χ2v) is 6.33. The molecule has 0 aromatic heterocycles. The first-order valence-electron chi connectivity index (χ1n) is 8.42. The number of aliphatic carboxylic acids is 1. The van der Waals surface area contributed by atoms with Crippen LogP contribution < -0.4 is 10.6 Å². The van der Waals surface area contributed by atoms with Gasteiger partial charge in [0.25, 0.3) is 0 Å². The molecule has 0 aliphatic carbocycles. The van der Waals surface area contributed by atoms with Gasteiger partial charge in [0, 0.05) is 0 Å². The van der Waals surface area contributed by atoms with Gasteiger partial charge >= 0.3 is 12.1 Å². The number of amides is 2. The summed E-state index contributed by atoms with van der Waals surface area (Å²) in [6, 6.07) is 2.55. The van der Waals surface area contributed by atoms with Crippen LogP contribution in [0.2, 0.25) is 0 Å². The van der Waals surface area contributed by atoms with Crippen molar-refractivity contribution in [2.75, 3.05) is 6.67 Å². The maximum atomic E-state index is 12.9. The number of alkyl halides is 1. The molecule has 1 rings (SSSR count). The van der Waals surface area contributed by atoms with Crippen molar-refractivity contribution in [2.24, 2.45) is 5.92 Å². The van der Waals surface area contributed by atoms with Crippen LogP contribution in [0.5, 0.6) is 0 Å². The number of carbonyl (C=O) groups excluding carboxylic acids is 3. The van der Waals surface area contributed by atoms with Gasteiger partial charge in [-0.25, -0.2) is 13.6 Å². The number of benzene rings is 1. The van der Waals surface area contributed by atoms with Crippen LogP contribution in [-0.4, -0.2) is 47.6 Å². The molecule has 2 amide bonds. The van der Waals surface area contributed by atoms with Gasteiger partial charge < -0.3 is 20.5 Å². The Bertz CT molecular complexity index is 709. The van der Waals surface area contributed by atoms with Crippen molar-refractivity contribution < 1.29 is 37.8 Å². The average molecular weight is 400 g/mol. The molecule has 1 aromatic rings. The molecule has 10 heteroatoms. The second-order valence-electron chi connectivity index (χ2n) is 6.33. The number of carbonyl (C=O) groups is 4. The molecule has 0 fully saturated rings. The Morgan fingerprint density at radius 2 is 1.71 bits per heavy atom. The second kappa shape index (κ2) is 11.0. The Morgan fingerprint density at radius 1 is 1.11 bits per heavy atom. The number of alkyl carbamates (subject to hydrolysis) is 1. The number of Topliss-reactive ketones (excluding diaryl/α,β-unsaturated/α-hetero) is 1. The highest BCUT2D eigenvalue weighted by atomic mass is 19.1. The van der Waals surface area contributed by atoms with Crippen LogP contribution in [0.15, 0.2) is 24.3 Å². The van der Waals surface area contributed by atoms with Gasteiger partial charge in [-0.2, -0.15) is 0 Å². The van der Waals surface area contributed by atoms with Crippen LogP contribution in [0.25, 0.3) is 0 Å². The lowest BCUT2D eigenvalue weighted by Gasteiger charge is -2.24. The van der Waals surface area contributed by atoms with Crippen molar-refractivity contribution in [3.05, 3.63) is 35.6 Å². The molecule has 0 aliphatic rings. The van der Waals surface area contributed by atoms with E-state index in [0.717, 1.165) is 0 Å². The Kier molecular flexibility index (Phi) is 9.00. The lowest BCUT2D eigenvalue weighted by molar-refractivity contribution is -0.140. The highest BCUT2D eigenvalue weighted by Gasteiger charge is 2.30. The molecule has 154 valence electrons. The first-order chi connectivity index (χ1) is 13.1. The third-order valence-electron chi connectivity index (χ3n) is 3.72. The lowest BCUT2D eigenvalue weighted by atomic mass is 10.0. The number of ether oxygens (including phenoxy) is 1. The fourth-order valence-electron chi connectivity index (χ4n) is 2.21. The fourth-order valence-corrected chi connectivity index (χ4v) is 2.21. The number of carboxylic acid groups (broad SMARTS) is 1. The lowest BCUT2D eigenvalue weighted by Crippen LogP contribution is -2.54. The van der Waals surface area contributed by atoms with E-state index in [1.165, 1.54) is 24.3 Å². The minimum atomic E-state index is -1.55. The van der Waals surface area contributed by atoms with Crippen molar-refractivity contribution in [2.45, 2.75) is 39.0 Å². The molecule has 2 atom stereocenters. The smallest absolute Gasteiger partial charge is 0.408 e. The summed E-state index contributed by atoms with van der Waals surface area (Å²) in [7, 11) is 0. The molecule has 0 aliphatic heterocycles. The van der Waals surface area contributed by atoms with Gasteiger partial charge in [-0.15, -0.1) is 0 Å². The van der Waals surface area contributed by atoms with E-state index in [4.69, 9.17) is 9.84 Å². The molecule has 0 bridgehead atoms. The van der Waals surface area contributed by atoms with Gasteiger partial charge in [0.15, 0.2) is 5.78 Å². The van der Waals surface area contributed by atoms with E-state index in [9.17, 15) is 28.0 Å². The zero-order valence-corrected chi connectivity index (χ0v) is 15.4. The van der Waals surface area contributed by atoms with Gasteiger partial charge in [0.1, 0.15) is 31.2 Å². The number of ketones is 1. The molecule has 0 unspecified atom stereocenters. The zero-order chi connectivity index (χ0) is 21.3. The molecule has 8 nitrogen and oxygen atoms in total. The Labute approximate surface area is 160 Å². The molecule has 28 heavy (non-hydrogen) atoms. The van der Waals surface area contributed by atoms with E-state index < -0.39 is 60.7 Å².